The normalized spacial score (nSPS) is 16.1. The van der Waals surface area contributed by atoms with Crippen LogP contribution in [-0.2, 0) is 9.53 Å². The fourth-order valence-electron chi connectivity index (χ4n) is 2.98. The predicted octanol–water partition coefficient (Wildman–Crippen LogP) is 2.52. The molecule has 0 unspecified atom stereocenters. The number of methoxy groups -OCH3 is 2. The zero-order valence-electron chi connectivity index (χ0n) is 14.9. The van der Waals surface area contributed by atoms with E-state index >= 15 is 0 Å². The van der Waals surface area contributed by atoms with Crippen LogP contribution in [0.3, 0.4) is 0 Å². The molecule has 3 N–H and O–H groups in total. The lowest BCUT2D eigenvalue weighted by molar-refractivity contribution is -0.130. The molecule has 140 valence electrons. The van der Waals surface area contributed by atoms with E-state index in [1.54, 1.807) is 14.2 Å². The van der Waals surface area contributed by atoms with Crippen LogP contribution in [0.15, 0.2) is 23.6 Å². The number of ether oxygens (including phenoxy) is 3. The standard InChI is InChI=1S/C18H23N3O4S/c1-23-14-4-3-12(9-15(14)24-2)13-10-26-17(20-13)21-16(22)18(11-19)5-7-25-8-6-18/h3-4,9-10H,5-8,11,19H2,1-2H3,(H,20,21,22). The second-order valence-corrected chi connectivity index (χ2v) is 7.02. The lowest BCUT2D eigenvalue weighted by atomic mass is 9.79. The molecule has 0 aliphatic carbocycles. The molecule has 26 heavy (non-hydrogen) atoms. The smallest absolute Gasteiger partial charge is 0.233 e. The van der Waals surface area contributed by atoms with Crippen LogP contribution in [0.1, 0.15) is 12.8 Å². The van der Waals surface area contributed by atoms with Crippen LogP contribution >= 0.6 is 11.3 Å². The maximum atomic E-state index is 12.7. The molecule has 0 bridgehead atoms. The first-order chi connectivity index (χ1) is 12.6. The molecule has 1 aliphatic rings. The Hall–Kier alpha value is -2.16. The van der Waals surface area contributed by atoms with E-state index in [1.165, 1.54) is 11.3 Å². The van der Waals surface area contributed by atoms with Crippen LogP contribution in [0.2, 0.25) is 0 Å². The van der Waals surface area contributed by atoms with Gasteiger partial charge >= 0.3 is 0 Å². The van der Waals surface area contributed by atoms with Gasteiger partial charge in [0.25, 0.3) is 0 Å². The number of carbonyl (C=O) groups excluding carboxylic acids is 1. The lowest BCUT2D eigenvalue weighted by Crippen LogP contribution is -2.46. The first-order valence-electron chi connectivity index (χ1n) is 8.39. The summed E-state index contributed by atoms with van der Waals surface area (Å²) < 4.78 is 15.9. The number of amides is 1. The van der Waals surface area contributed by atoms with E-state index in [-0.39, 0.29) is 5.91 Å². The fraction of sp³-hybridized carbons (Fsp3) is 0.444. The molecular formula is C18H23N3O4S. The summed E-state index contributed by atoms with van der Waals surface area (Å²) in [5.74, 6) is 1.20. The highest BCUT2D eigenvalue weighted by molar-refractivity contribution is 7.14. The molecule has 1 fully saturated rings. The van der Waals surface area contributed by atoms with Crippen LogP contribution in [0.4, 0.5) is 5.13 Å². The van der Waals surface area contributed by atoms with Crippen molar-refractivity contribution in [2.45, 2.75) is 12.8 Å². The average molecular weight is 377 g/mol. The maximum absolute atomic E-state index is 12.7. The topological polar surface area (TPSA) is 95.7 Å². The van der Waals surface area contributed by atoms with Crippen molar-refractivity contribution >= 4 is 22.4 Å². The number of hydrogen-bond donors (Lipinski definition) is 2. The number of nitrogens with two attached hydrogens (primary N) is 1. The minimum absolute atomic E-state index is 0.0866. The third kappa shape index (κ3) is 3.67. The largest absolute Gasteiger partial charge is 0.493 e. The van der Waals surface area contributed by atoms with E-state index in [0.717, 1.165) is 11.3 Å². The number of nitrogens with one attached hydrogen (secondary N) is 1. The number of thiazole rings is 1. The van der Waals surface area contributed by atoms with E-state index in [4.69, 9.17) is 19.9 Å². The summed E-state index contributed by atoms with van der Waals surface area (Å²) in [6.45, 7) is 1.41. The molecule has 0 spiro atoms. The molecule has 0 atom stereocenters. The minimum atomic E-state index is -0.576. The zero-order valence-corrected chi connectivity index (χ0v) is 15.7. The number of hydrogen-bond acceptors (Lipinski definition) is 7. The quantitative estimate of drug-likeness (QED) is 0.803. The molecule has 3 rings (SSSR count). The van der Waals surface area contributed by atoms with Crippen molar-refractivity contribution in [3.8, 4) is 22.8 Å². The molecule has 8 heteroatoms. The Bertz CT molecular complexity index is 772. The van der Waals surface area contributed by atoms with Gasteiger partial charge in [-0.2, -0.15) is 0 Å². The third-order valence-electron chi connectivity index (χ3n) is 4.73. The van der Waals surface area contributed by atoms with Crippen LogP contribution in [0.5, 0.6) is 11.5 Å². The molecule has 1 amide bonds. The van der Waals surface area contributed by atoms with E-state index in [1.807, 2.05) is 23.6 Å². The maximum Gasteiger partial charge on any atom is 0.233 e. The number of rotatable bonds is 6. The minimum Gasteiger partial charge on any atom is -0.493 e. The Morgan fingerprint density at radius 3 is 2.69 bits per heavy atom. The third-order valence-corrected chi connectivity index (χ3v) is 5.48. The van der Waals surface area contributed by atoms with Crippen LogP contribution in [0.25, 0.3) is 11.3 Å². The van der Waals surface area contributed by atoms with Crippen molar-refractivity contribution in [2.75, 3.05) is 39.3 Å². The Balaban J connectivity index is 1.76. The summed E-state index contributed by atoms with van der Waals surface area (Å²) in [4.78, 5) is 17.3. The van der Waals surface area contributed by atoms with E-state index < -0.39 is 5.41 Å². The molecule has 1 saturated heterocycles. The highest BCUT2D eigenvalue weighted by atomic mass is 32.1. The Labute approximate surface area is 156 Å². The van der Waals surface area contributed by atoms with E-state index in [0.29, 0.717) is 49.2 Å². The monoisotopic (exact) mass is 377 g/mol. The van der Waals surface area contributed by atoms with Gasteiger partial charge in [-0.1, -0.05) is 0 Å². The number of carbonyl (C=O) groups is 1. The molecule has 1 aliphatic heterocycles. The summed E-state index contributed by atoms with van der Waals surface area (Å²) in [5, 5.41) is 5.38. The number of nitrogens with zero attached hydrogens (tertiary/aromatic N) is 1. The summed E-state index contributed by atoms with van der Waals surface area (Å²) in [6.07, 6.45) is 1.26. The fourth-order valence-corrected chi connectivity index (χ4v) is 3.69. The van der Waals surface area contributed by atoms with E-state index in [2.05, 4.69) is 10.3 Å². The highest BCUT2D eigenvalue weighted by Gasteiger charge is 2.39. The van der Waals surface area contributed by atoms with Gasteiger partial charge < -0.3 is 25.3 Å². The van der Waals surface area contributed by atoms with Gasteiger partial charge in [0.1, 0.15) is 0 Å². The Morgan fingerprint density at radius 2 is 2.04 bits per heavy atom. The number of anilines is 1. The Morgan fingerprint density at radius 1 is 1.31 bits per heavy atom. The molecule has 1 aromatic carbocycles. The Kier molecular flexibility index (Phi) is 5.75. The second-order valence-electron chi connectivity index (χ2n) is 6.16. The molecule has 0 radical (unpaired) electrons. The van der Waals surface area contributed by atoms with Gasteiger partial charge in [0, 0.05) is 30.7 Å². The van der Waals surface area contributed by atoms with Gasteiger partial charge in [0.15, 0.2) is 16.6 Å². The molecule has 2 aromatic rings. The van der Waals surface area contributed by atoms with Crippen LogP contribution < -0.4 is 20.5 Å². The summed E-state index contributed by atoms with van der Waals surface area (Å²) in [6, 6.07) is 5.60. The van der Waals surface area contributed by atoms with Gasteiger partial charge in [0.05, 0.1) is 25.3 Å². The van der Waals surface area contributed by atoms with Crippen molar-refractivity contribution < 1.29 is 19.0 Å². The van der Waals surface area contributed by atoms with Gasteiger partial charge in [-0.15, -0.1) is 11.3 Å². The summed E-state index contributed by atoms with van der Waals surface area (Å²) >= 11 is 1.38. The average Bonchev–Trinajstić information content (AvgIpc) is 3.16. The molecule has 2 heterocycles. The van der Waals surface area contributed by atoms with Gasteiger partial charge in [0.2, 0.25) is 5.91 Å². The second kappa shape index (κ2) is 8.03. The van der Waals surface area contributed by atoms with Crippen molar-refractivity contribution in [1.82, 2.24) is 4.98 Å². The van der Waals surface area contributed by atoms with Crippen molar-refractivity contribution in [2.24, 2.45) is 11.1 Å². The molecular weight excluding hydrogens is 354 g/mol. The van der Waals surface area contributed by atoms with Crippen molar-refractivity contribution in [3.05, 3.63) is 23.6 Å². The SMILES string of the molecule is COc1ccc(-c2csc(NC(=O)C3(CN)CCOCC3)n2)cc1OC. The predicted molar refractivity (Wildman–Crippen MR) is 101 cm³/mol. The van der Waals surface area contributed by atoms with Gasteiger partial charge in [-0.3, -0.25) is 4.79 Å². The van der Waals surface area contributed by atoms with Crippen molar-refractivity contribution in [3.63, 3.8) is 0 Å². The van der Waals surface area contributed by atoms with Gasteiger partial charge in [-0.05, 0) is 31.0 Å². The zero-order chi connectivity index (χ0) is 18.6. The van der Waals surface area contributed by atoms with Gasteiger partial charge in [-0.25, -0.2) is 4.98 Å². The summed E-state index contributed by atoms with van der Waals surface area (Å²) in [7, 11) is 3.19. The molecule has 7 nitrogen and oxygen atoms in total. The molecule has 1 aromatic heterocycles. The summed E-state index contributed by atoms with van der Waals surface area (Å²) in [5.41, 5.74) is 6.97. The van der Waals surface area contributed by atoms with Crippen LogP contribution in [-0.4, -0.2) is 44.9 Å². The van der Waals surface area contributed by atoms with E-state index in [9.17, 15) is 4.79 Å². The van der Waals surface area contributed by atoms with Crippen molar-refractivity contribution in [1.29, 1.82) is 0 Å². The van der Waals surface area contributed by atoms with Crippen LogP contribution in [0, 0.1) is 5.41 Å². The molecule has 0 saturated carbocycles. The highest BCUT2D eigenvalue weighted by Crippen LogP contribution is 2.35. The number of benzene rings is 1. The first-order valence-corrected chi connectivity index (χ1v) is 9.27. The first kappa shape index (κ1) is 18.6. The number of aromatic nitrogens is 1. The lowest BCUT2D eigenvalue weighted by Gasteiger charge is -2.34.